The van der Waals surface area contributed by atoms with Crippen LogP contribution in [0.1, 0.15) is 31.2 Å². The number of rotatable bonds is 7. The molecule has 2 saturated heterocycles. The highest BCUT2D eigenvalue weighted by atomic mass is 32.2. The van der Waals surface area contributed by atoms with Gasteiger partial charge in [-0.2, -0.15) is 0 Å². The number of carbonyl (C=O) groups excluding carboxylic acids is 1. The molecule has 0 saturated carbocycles. The summed E-state index contributed by atoms with van der Waals surface area (Å²) in [4.78, 5) is 37.4. The number of aliphatic carboxylic acids is 2. The van der Waals surface area contributed by atoms with Crippen LogP contribution in [0.15, 0.2) is 30.3 Å². The highest BCUT2D eigenvalue weighted by molar-refractivity contribution is 7.86. The Labute approximate surface area is 165 Å². The van der Waals surface area contributed by atoms with E-state index in [1.54, 1.807) is 0 Å². The molecule has 8 nitrogen and oxygen atoms in total. The van der Waals surface area contributed by atoms with Crippen molar-refractivity contribution in [3.05, 3.63) is 35.9 Å². The quantitative estimate of drug-likeness (QED) is 0.603. The summed E-state index contributed by atoms with van der Waals surface area (Å²) in [5, 5.41) is 21.3. The molecule has 0 radical (unpaired) electrons. The molecule has 5 atom stereocenters. The van der Waals surface area contributed by atoms with E-state index in [0.29, 0.717) is 32.1 Å². The monoisotopic (exact) mass is 408 g/mol. The summed E-state index contributed by atoms with van der Waals surface area (Å²) >= 11 is 0. The number of hydrogen-bond donors (Lipinski definition) is 3. The van der Waals surface area contributed by atoms with Gasteiger partial charge in [0, 0.05) is 10.8 Å². The van der Waals surface area contributed by atoms with Crippen molar-refractivity contribution in [3.8, 4) is 0 Å². The molecule has 1 aromatic rings. The van der Waals surface area contributed by atoms with Crippen molar-refractivity contribution in [1.82, 2.24) is 10.2 Å². The first-order chi connectivity index (χ1) is 13.4. The van der Waals surface area contributed by atoms with E-state index in [1.165, 1.54) is 4.90 Å². The Bertz CT molecular complexity index is 771. The van der Waals surface area contributed by atoms with Gasteiger partial charge in [0.25, 0.3) is 0 Å². The molecule has 2 fully saturated rings. The van der Waals surface area contributed by atoms with E-state index < -0.39 is 52.1 Å². The minimum Gasteiger partial charge on any atom is -0.480 e. The Morgan fingerprint density at radius 3 is 2.57 bits per heavy atom. The van der Waals surface area contributed by atoms with Crippen LogP contribution in [0.5, 0.6) is 0 Å². The molecule has 0 bridgehead atoms. The van der Waals surface area contributed by atoms with Gasteiger partial charge in [-0.3, -0.25) is 19.1 Å². The zero-order chi connectivity index (χ0) is 20.3. The fourth-order valence-corrected chi connectivity index (χ4v) is 5.63. The largest absolute Gasteiger partial charge is 0.480 e. The van der Waals surface area contributed by atoms with Gasteiger partial charge >= 0.3 is 11.9 Å². The maximum atomic E-state index is 13.0. The number of nitrogens with zero attached hydrogens (tertiary/aromatic N) is 1. The average Bonchev–Trinajstić information content (AvgIpc) is 2.91. The van der Waals surface area contributed by atoms with Gasteiger partial charge in [0.05, 0.1) is 11.8 Å². The van der Waals surface area contributed by atoms with Gasteiger partial charge in [0.15, 0.2) is 0 Å². The van der Waals surface area contributed by atoms with Crippen LogP contribution in [0, 0.1) is 0 Å². The van der Waals surface area contributed by atoms with E-state index in [1.807, 2.05) is 30.3 Å². The summed E-state index contributed by atoms with van der Waals surface area (Å²) in [5.41, 5.74) is 1.00. The standard InChI is InChI=1S/C19H24N2O6S/c22-17-13(7-4-8-16-21(17)15(19(25)26)11-28(16)27)20-14(18(23)24)10-9-12-5-2-1-3-6-12/h1-3,5-6,13-16,20H,4,7-11H2,(H,23,24)(H,25,26)/t13-,14?,15-,16+,28+/m1/s1. The van der Waals surface area contributed by atoms with E-state index in [4.69, 9.17) is 0 Å². The van der Waals surface area contributed by atoms with Crippen molar-refractivity contribution in [2.24, 2.45) is 0 Å². The van der Waals surface area contributed by atoms with Crippen LogP contribution in [-0.2, 0) is 31.6 Å². The number of fused-ring (bicyclic) bond motifs is 1. The highest BCUT2D eigenvalue weighted by Gasteiger charge is 2.48. The second kappa shape index (κ2) is 8.83. The first-order valence-electron chi connectivity index (χ1n) is 9.33. The van der Waals surface area contributed by atoms with Gasteiger partial charge in [-0.15, -0.1) is 0 Å². The number of carboxylic acid groups (broad SMARTS) is 2. The molecule has 1 unspecified atom stereocenters. The van der Waals surface area contributed by atoms with E-state index in [-0.39, 0.29) is 5.75 Å². The van der Waals surface area contributed by atoms with Crippen LogP contribution in [-0.4, -0.2) is 66.4 Å². The molecule has 2 heterocycles. The topological polar surface area (TPSA) is 124 Å². The van der Waals surface area contributed by atoms with Gasteiger partial charge in [0.1, 0.15) is 17.5 Å². The fourth-order valence-electron chi connectivity index (χ4n) is 3.86. The first-order valence-corrected chi connectivity index (χ1v) is 10.7. The second-order valence-corrected chi connectivity index (χ2v) is 8.81. The van der Waals surface area contributed by atoms with Crippen LogP contribution in [0.3, 0.4) is 0 Å². The van der Waals surface area contributed by atoms with Gasteiger partial charge in [-0.25, -0.2) is 4.79 Å². The number of amides is 1. The van der Waals surface area contributed by atoms with Crippen molar-refractivity contribution in [2.45, 2.75) is 55.6 Å². The third kappa shape index (κ3) is 4.41. The number of carbonyl (C=O) groups is 3. The van der Waals surface area contributed by atoms with Crippen LogP contribution >= 0.6 is 0 Å². The summed E-state index contributed by atoms with van der Waals surface area (Å²) in [7, 11) is -1.41. The molecule has 2 aliphatic heterocycles. The summed E-state index contributed by atoms with van der Waals surface area (Å²) in [6.45, 7) is 0. The highest BCUT2D eigenvalue weighted by Crippen LogP contribution is 2.29. The van der Waals surface area contributed by atoms with Crippen molar-refractivity contribution in [1.29, 1.82) is 0 Å². The van der Waals surface area contributed by atoms with Gasteiger partial charge < -0.3 is 15.1 Å². The Kier molecular flexibility index (Phi) is 6.46. The molecular weight excluding hydrogens is 384 g/mol. The number of benzene rings is 1. The Balaban J connectivity index is 1.72. The van der Waals surface area contributed by atoms with E-state index in [2.05, 4.69) is 5.32 Å². The Hall–Kier alpha value is -2.26. The zero-order valence-corrected chi connectivity index (χ0v) is 16.1. The average molecular weight is 408 g/mol. The van der Waals surface area contributed by atoms with Crippen molar-refractivity contribution in [2.75, 3.05) is 5.75 Å². The predicted molar refractivity (Wildman–Crippen MR) is 102 cm³/mol. The van der Waals surface area contributed by atoms with Gasteiger partial charge in [-0.05, 0) is 37.7 Å². The molecule has 28 heavy (non-hydrogen) atoms. The minimum absolute atomic E-state index is 0.0746. The minimum atomic E-state index is -1.41. The Morgan fingerprint density at radius 2 is 1.93 bits per heavy atom. The third-order valence-corrected chi connectivity index (χ3v) is 7.03. The predicted octanol–water partition coefficient (Wildman–Crippen LogP) is 0.585. The molecule has 9 heteroatoms. The normalized spacial score (nSPS) is 28.4. The van der Waals surface area contributed by atoms with Gasteiger partial charge in [-0.1, -0.05) is 30.3 Å². The number of carboxylic acids is 2. The van der Waals surface area contributed by atoms with E-state index in [0.717, 1.165) is 5.56 Å². The van der Waals surface area contributed by atoms with Crippen LogP contribution < -0.4 is 5.32 Å². The Morgan fingerprint density at radius 1 is 1.21 bits per heavy atom. The van der Waals surface area contributed by atoms with Crippen molar-refractivity contribution < 1.29 is 28.8 Å². The fraction of sp³-hybridized carbons (Fsp3) is 0.526. The number of hydrogen-bond acceptors (Lipinski definition) is 5. The third-order valence-electron chi connectivity index (χ3n) is 5.32. The van der Waals surface area contributed by atoms with E-state index in [9.17, 15) is 28.8 Å². The SMILES string of the molecule is O=C(O)C(CCc1ccccc1)N[C@@H]1CCC[C@H]2N(C1=O)[C@@H](C(=O)O)C[S@@]2=O. The van der Waals surface area contributed by atoms with Crippen LogP contribution in [0.4, 0.5) is 0 Å². The molecule has 2 aliphatic rings. The molecule has 1 aromatic carbocycles. The van der Waals surface area contributed by atoms with Crippen molar-refractivity contribution >= 4 is 28.6 Å². The lowest BCUT2D eigenvalue weighted by Gasteiger charge is -2.29. The molecule has 152 valence electrons. The molecule has 3 N–H and O–H groups in total. The summed E-state index contributed by atoms with van der Waals surface area (Å²) in [6.07, 6.45) is 2.28. The molecule has 0 spiro atoms. The van der Waals surface area contributed by atoms with Crippen LogP contribution in [0.25, 0.3) is 0 Å². The van der Waals surface area contributed by atoms with Gasteiger partial charge in [0.2, 0.25) is 5.91 Å². The molecule has 3 rings (SSSR count). The number of aryl methyl sites for hydroxylation is 1. The summed E-state index contributed by atoms with van der Waals surface area (Å²) < 4.78 is 12.3. The molecule has 1 amide bonds. The van der Waals surface area contributed by atoms with E-state index >= 15 is 0 Å². The number of nitrogens with one attached hydrogen (secondary N) is 1. The lowest BCUT2D eigenvalue weighted by atomic mass is 10.0. The van der Waals surface area contributed by atoms with Crippen molar-refractivity contribution in [3.63, 3.8) is 0 Å². The molecular formula is C19H24N2O6S. The zero-order valence-electron chi connectivity index (χ0n) is 15.3. The maximum Gasteiger partial charge on any atom is 0.327 e. The summed E-state index contributed by atoms with van der Waals surface area (Å²) in [6, 6.07) is 6.64. The second-order valence-electron chi connectivity index (χ2n) is 7.17. The lowest BCUT2D eigenvalue weighted by molar-refractivity contribution is -0.150. The maximum absolute atomic E-state index is 13.0. The molecule has 0 aromatic heterocycles. The van der Waals surface area contributed by atoms with Crippen LogP contribution in [0.2, 0.25) is 0 Å². The summed E-state index contributed by atoms with van der Waals surface area (Å²) in [5.74, 6) is -2.77. The smallest absolute Gasteiger partial charge is 0.327 e. The lowest BCUT2D eigenvalue weighted by Crippen LogP contribution is -2.55. The first kappa shape index (κ1) is 20.5. The molecule has 0 aliphatic carbocycles.